The lowest BCUT2D eigenvalue weighted by Gasteiger charge is -2.13. The fourth-order valence-electron chi connectivity index (χ4n) is 2.11. The molecule has 1 atom stereocenters. The van der Waals surface area contributed by atoms with Crippen LogP contribution in [0.1, 0.15) is 15.9 Å². The van der Waals surface area contributed by atoms with Crippen molar-refractivity contribution in [3.63, 3.8) is 0 Å². The first-order valence-electron chi connectivity index (χ1n) is 7.60. The molecule has 0 aromatic heterocycles. The van der Waals surface area contributed by atoms with E-state index >= 15 is 0 Å². The van der Waals surface area contributed by atoms with Gasteiger partial charge in [-0.15, -0.1) is 0 Å². The van der Waals surface area contributed by atoms with Crippen LogP contribution in [0.25, 0.3) is 0 Å². The van der Waals surface area contributed by atoms with Crippen molar-refractivity contribution in [2.24, 2.45) is 5.73 Å². The van der Waals surface area contributed by atoms with E-state index in [9.17, 15) is 9.90 Å². The number of hydrogen-bond donors (Lipinski definition) is 3. The van der Waals surface area contributed by atoms with Crippen LogP contribution in [0, 0.1) is 0 Å². The fraction of sp³-hybridized carbons (Fsp3) is 0.278. The minimum atomic E-state index is -0.563. The van der Waals surface area contributed by atoms with Crippen molar-refractivity contribution in [2.45, 2.75) is 12.5 Å². The lowest BCUT2D eigenvalue weighted by Crippen LogP contribution is -2.32. The molecule has 2 aromatic carbocycles. The molecule has 0 bridgehead atoms. The standard InChI is InChI=1S/C18H22N2O3/c19-18(22)15-8-6-14(7-9-15)10-11-20-12-16(21)13-23-17-4-2-1-3-5-17/h1-9,16,20-21H,10-13H2,(H2,19,22). The van der Waals surface area contributed by atoms with Gasteiger partial charge >= 0.3 is 0 Å². The second-order valence-corrected chi connectivity index (χ2v) is 5.29. The number of carbonyl (C=O) groups is 1. The highest BCUT2D eigenvalue weighted by atomic mass is 16.5. The Morgan fingerprint density at radius 1 is 1.13 bits per heavy atom. The Morgan fingerprint density at radius 2 is 1.83 bits per heavy atom. The molecule has 5 heteroatoms. The summed E-state index contributed by atoms with van der Waals surface area (Å²) in [6.45, 7) is 1.45. The molecule has 0 heterocycles. The van der Waals surface area contributed by atoms with E-state index < -0.39 is 12.0 Å². The summed E-state index contributed by atoms with van der Waals surface area (Å²) in [5.41, 5.74) is 6.82. The summed E-state index contributed by atoms with van der Waals surface area (Å²) in [5, 5.41) is 13.1. The Balaban J connectivity index is 1.62. The summed E-state index contributed by atoms with van der Waals surface area (Å²) in [7, 11) is 0. The maximum atomic E-state index is 11.0. The van der Waals surface area contributed by atoms with Crippen LogP contribution in [0.2, 0.25) is 0 Å². The molecule has 2 aromatic rings. The highest BCUT2D eigenvalue weighted by molar-refractivity contribution is 5.92. The van der Waals surface area contributed by atoms with Crippen LogP contribution in [0.15, 0.2) is 54.6 Å². The maximum Gasteiger partial charge on any atom is 0.248 e. The fourth-order valence-corrected chi connectivity index (χ4v) is 2.11. The van der Waals surface area contributed by atoms with Gasteiger partial charge in [0.2, 0.25) is 5.91 Å². The Hall–Kier alpha value is -2.37. The monoisotopic (exact) mass is 314 g/mol. The van der Waals surface area contributed by atoms with Crippen molar-refractivity contribution in [3.8, 4) is 5.75 Å². The molecule has 0 spiro atoms. The third-order valence-corrected chi connectivity index (χ3v) is 3.39. The van der Waals surface area contributed by atoms with Crippen LogP contribution in [-0.4, -0.2) is 36.8 Å². The summed E-state index contributed by atoms with van der Waals surface area (Å²) in [4.78, 5) is 11.0. The van der Waals surface area contributed by atoms with E-state index in [1.54, 1.807) is 12.1 Å². The third-order valence-electron chi connectivity index (χ3n) is 3.39. The average molecular weight is 314 g/mol. The van der Waals surface area contributed by atoms with Gasteiger partial charge in [-0.25, -0.2) is 0 Å². The van der Waals surface area contributed by atoms with Gasteiger partial charge in [0.05, 0.1) is 0 Å². The van der Waals surface area contributed by atoms with Gasteiger partial charge in [-0.1, -0.05) is 30.3 Å². The number of amides is 1. The summed E-state index contributed by atoms with van der Waals surface area (Å²) < 4.78 is 5.48. The number of aliphatic hydroxyl groups is 1. The molecule has 0 fully saturated rings. The topological polar surface area (TPSA) is 84.6 Å². The highest BCUT2D eigenvalue weighted by Gasteiger charge is 2.05. The molecule has 0 aliphatic heterocycles. The summed E-state index contributed by atoms with van der Waals surface area (Å²) in [6.07, 6.45) is 0.248. The predicted octanol–water partition coefficient (Wildman–Crippen LogP) is 1.36. The predicted molar refractivity (Wildman–Crippen MR) is 89.5 cm³/mol. The molecule has 0 saturated heterocycles. The number of nitrogens with two attached hydrogens (primary N) is 1. The van der Waals surface area contributed by atoms with Crippen LogP contribution in [-0.2, 0) is 6.42 Å². The van der Waals surface area contributed by atoms with Crippen LogP contribution in [0.3, 0.4) is 0 Å². The first-order chi connectivity index (χ1) is 11.1. The van der Waals surface area contributed by atoms with Gasteiger partial charge in [-0.3, -0.25) is 4.79 Å². The second-order valence-electron chi connectivity index (χ2n) is 5.29. The zero-order valence-electron chi connectivity index (χ0n) is 12.9. The molecule has 2 rings (SSSR count). The first-order valence-corrected chi connectivity index (χ1v) is 7.60. The molecule has 0 aliphatic rings. The van der Waals surface area contributed by atoms with E-state index in [2.05, 4.69) is 5.32 Å². The van der Waals surface area contributed by atoms with Gasteiger partial charge in [0, 0.05) is 12.1 Å². The number of hydrogen-bond acceptors (Lipinski definition) is 4. The molecule has 0 aliphatic carbocycles. The van der Waals surface area contributed by atoms with Gasteiger partial charge in [0.1, 0.15) is 18.5 Å². The Morgan fingerprint density at radius 3 is 2.48 bits per heavy atom. The molecule has 122 valence electrons. The maximum absolute atomic E-state index is 11.0. The first kappa shape index (κ1) is 17.0. The molecule has 5 nitrogen and oxygen atoms in total. The van der Waals surface area contributed by atoms with Crippen molar-refractivity contribution < 1.29 is 14.6 Å². The molecule has 1 unspecified atom stereocenters. The number of ether oxygens (including phenoxy) is 1. The smallest absolute Gasteiger partial charge is 0.248 e. The molecule has 23 heavy (non-hydrogen) atoms. The van der Waals surface area contributed by atoms with E-state index in [1.165, 1.54) is 0 Å². The Bertz CT molecular complexity index is 599. The number of aliphatic hydroxyl groups excluding tert-OH is 1. The van der Waals surface area contributed by atoms with Crippen LogP contribution >= 0.6 is 0 Å². The molecule has 4 N–H and O–H groups in total. The number of rotatable bonds is 9. The normalized spacial score (nSPS) is 11.9. The third kappa shape index (κ3) is 6.10. The van der Waals surface area contributed by atoms with E-state index in [0.29, 0.717) is 12.1 Å². The van der Waals surface area contributed by atoms with Crippen molar-refractivity contribution in [3.05, 3.63) is 65.7 Å². The average Bonchev–Trinajstić information content (AvgIpc) is 2.58. The van der Waals surface area contributed by atoms with Gasteiger partial charge in [0.25, 0.3) is 0 Å². The molecule has 1 amide bonds. The Kier molecular flexibility index (Phi) is 6.59. The van der Waals surface area contributed by atoms with Crippen molar-refractivity contribution in [2.75, 3.05) is 19.7 Å². The Labute approximate surface area is 136 Å². The number of carbonyl (C=O) groups excluding carboxylic acids is 1. The van der Waals surface area contributed by atoms with Crippen molar-refractivity contribution in [1.29, 1.82) is 0 Å². The SMILES string of the molecule is NC(=O)c1ccc(CCNCC(O)COc2ccccc2)cc1. The van der Waals surface area contributed by atoms with Gasteiger partial charge in [0.15, 0.2) is 0 Å². The summed E-state index contributed by atoms with van der Waals surface area (Å²) >= 11 is 0. The summed E-state index contributed by atoms with van der Waals surface area (Å²) in [6, 6.07) is 16.6. The molecular formula is C18H22N2O3. The van der Waals surface area contributed by atoms with Gasteiger partial charge in [-0.2, -0.15) is 0 Å². The minimum absolute atomic E-state index is 0.254. The number of para-hydroxylation sites is 1. The lowest BCUT2D eigenvalue weighted by molar-refractivity contribution is 0.1000. The quantitative estimate of drug-likeness (QED) is 0.610. The van der Waals surface area contributed by atoms with Crippen LogP contribution < -0.4 is 15.8 Å². The van der Waals surface area contributed by atoms with Crippen molar-refractivity contribution in [1.82, 2.24) is 5.32 Å². The number of primary amides is 1. The number of nitrogens with one attached hydrogen (secondary N) is 1. The van der Waals surface area contributed by atoms with Gasteiger partial charge < -0.3 is 20.9 Å². The largest absolute Gasteiger partial charge is 0.491 e. The second kappa shape index (κ2) is 8.92. The van der Waals surface area contributed by atoms with Crippen molar-refractivity contribution >= 4 is 5.91 Å². The lowest BCUT2D eigenvalue weighted by atomic mass is 10.1. The van der Waals surface area contributed by atoms with E-state index in [1.807, 2.05) is 42.5 Å². The summed E-state index contributed by atoms with van der Waals surface area (Å²) in [5.74, 6) is 0.331. The number of benzene rings is 2. The van der Waals surface area contributed by atoms with E-state index in [4.69, 9.17) is 10.5 Å². The molecular weight excluding hydrogens is 292 g/mol. The molecule has 0 saturated carbocycles. The zero-order valence-corrected chi connectivity index (χ0v) is 12.9. The molecule has 0 radical (unpaired) electrons. The zero-order chi connectivity index (χ0) is 16.5. The minimum Gasteiger partial charge on any atom is -0.491 e. The van der Waals surface area contributed by atoms with E-state index in [0.717, 1.165) is 24.3 Å². The van der Waals surface area contributed by atoms with E-state index in [-0.39, 0.29) is 6.61 Å². The highest BCUT2D eigenvalue weighted by Crippen LogP contribution is 2.08. The van der Waals surface area contributed by atoms with Crippen LogP contribution in [0.4, 0.5) is 0 Å². The van der Waals surface area contributed by atoms with Gasteiger partial charge in [-0.05, 0) is 42.8 Å². The van der Waals surface area contributed by atoms with Crippen LogP contribution in [0.5, 0.6) is 5.75 Å².